The summed E-state index contributed by atoms with van der Waals surface area (Å²) in [6.45, 7) is -0.171. The summed E-state index contributed by atoms with van der Waals surface area (Å²) in [7, 11) is 1.58. The molecule has 1 aliphatic carbocycles. The van der Waals surface area contributed by atoms with Gasteiger partial charge in [-0.05, 0) is 37.1 Å². The van der Waals surface area contributed by atoms with E-state index in [4.69, 9.17) is 19.7 Å². The van der Waals surface area contributed by atoms with E-state index in [-0.39, 0.29) is 30.4 Å². The minimum absolute atomic E-state index is 0.171. The van der Waals surface area contributed by atoms with Crippen LogP contribution in [0.3, 0.4) is 0 Å². The maximum atomic E-state index is 12.5. The molecule has 2 amide bonds. The van der Waals surface area contributed by atoms with E-state index in [1.54, 1.807) is 31.4 Å². The summed E-state index contributed by atoms with van der Waals surface area (Å²) in [6, 6.07) is 16.0. The zero-order chi connectivity index (χ0) is 22.5. The van der Waals surface area contributed by atoms with E-state index < -0.39 is 5.91 Å². The van der Waals surface area contributed by atoms with Crippen molar-refractivity contribution in [1.29, 1.82) is 0 Å². The predicted molar refractivity (Wildman–Crippen MR) is 115 cm³/mol. The van der Waals surface area contributed by atoms with Crippen LogP contribution in [0.1, 0.15) is 24.7 Å². The number of hydrogen-bond donors (Lipinski definition) is 2. The van der Waals surface area contributed by atoms with Crippen molar-refractivity contribution >= 4 is 11.8 Å². The highest BCUT2D eigenvalue weighted by Gasteiger charge is 2.41. The second kappa shape index (κ2) is 9.51. The number of nitrogens with two attached hydrogens (primary N) is 1. The molecule has 32 heavy (non-hydrogen) atoms. The number of amides is 2. The molecule has 1 heterocycles. The zero-order valence-electron chi connectivity index (χ0n) is 17.6. The third-order valence-corrected chi connectivity index (χ3v) is 5.53. The highest BCUT2D eigenvalue weighted by molar-refractivity contribution is 5.79. The van der Waals surface area contributed by atoms with Gasteiger partial charge in [-0.25, -0.2) is 0 Å². The lowest BCUT2D eigenvalue weighted by Gasteiger charge is -2.18. The third kappa shape index (κ3) is 4.88. The van der Waals surface area contributed by atoms with Crippen LogP contribution >= 0.6 is 0 Å². The molecule has 3 unspecified atom stereocenters. The van der Waals surface area contributed by atoms with Crippen molar-refractivity contribution in [1.82, 2.24) is 15.5 Å². The summed E-state index contributed by atoms with van der Waals surface area (Å²) < 4.78 is 16.1. The van der Waals surface area contributed by atoms with Gasteiger partial charge < -0.3 is 25.0 Å². The lowest BCUT2D eigenvalue weighted by atomic mass is 10.0. The lowest BCUT2D eigenvalue weighted by molar-refractivity contribution is -0.124. The van der Waals surface area contributed by atoms with Gasteiger partial charge in [-0.3, -0.25) is 9.59 Å². The Morgan fingerprint density at radius 2 is 1.81 bits per heavy atom. The van der Waals surface area contributed by atoms with Crippen molar-refractivity contribution in [3.8, 4) is 22.9 Å². The molecule has 4 rings (SSSR count). The Labute approximate surface area is 184 Å². The molecule has 3 N–H and O–H groups in total. The highest BCUT2D eigenvalue weighted by Crippen LogP contribution is 2.38. The number of carbonyl (C=O) groups excluding carboxylic acids is 2. The van der Waals surface area contributed by atoms with E-state index in [1.165, 1.54) is 0 Å². The van der Waals surface area contributed by atoms with E-state index in [0.717, 1.165) is 5.56 Å². The fourth-order valence-corrected chi connectivity index (χ4v) is 3.86. The first kappa shape index (κ1) is 21.4. The Kier molecular flexibility index (Phi) is 6.34. The van der Waals surface area contributed by atoms with Crippen LogP contribution in [-0.2, 0) is 9.59 Å². The van der Waals surface area contributed by atoms with Crippen LogP contribution in [0.4, 0.5) is 0 Å². The fourth-order valence-electron chi connectivity index (χ4n) is 3.86. The van der Waals surface area contributed by atoms with Gasteiger partial charge in [-0.1, -0.05) is 35.5 Å². The fraction of sp³-hybridized carbons (Fsp3) is 0.304. The molecule has 0 radical (unpaired) electrons. The summed E-state index contributed by atoms with van der Waals surface area (Å²) in [5.74, 6) is 0.630. The number of primary amides is 1. The van der Waals surface area contributed by atoms with Crippen molar-refractivity contribution in [2.45, 2.75) is 24.8 Å². The van der Waals surface area contributed by atoms with E-state index >= 15 is 0 Å². The number of hydrogen-bond acceptors (Lipinski definition) is 7. The minimum atomic E-state index is -0.413. The van der Waals surface area contributed by atoms with Crippen LogP contribution in [0.15, 0.2) is 59.1 Å². The lowest BCUT2D eigenvalue weighted by Crippen LogP contribution is -2.39. The number of nitrogens with one attached hydrogen (secondary N) is 1. The standard InChI is InChI=1S/C23H24N4O5/c1-30-16-7-9-17(10-8-16)31-13-20(28)25-19-12-15(21(24)29)11-18(19)23-26-22(27-32-23)14-5-3-2-4-6-14/h2-10,15,18-19H,11-13H2,1H3,(H2,24,29)(H,25,28). The number of aromatic nitrogens is 2. The van der Waals surface area contributed by atoms with Gasteiger partial charge in [-0.15, -0.1) is 0 Å². The summed E-state index contributed by atoms with van der Waals surface area (Å²) in [5, 5.41) is 6.98. The average molecular weight is 436 g/mol. The third-order valence-electron chi connectivity index (χ3n) is 5.53. The molecule has 9 nitrogen and oxygen atoms in total. The van der Waals surface area contributed by atoms with Crippen molar-refractivity contribution in [2.24, 2.45) is 11.7 Å². The van der Waals surface area contributed by atoms with Crippen LogP contribution in [0.2, 0.25) is 0 Å². The number of benzene rings is 2. The van der Waals surface area contributed by atoms with Crippen molar-refractivity contribution in [2.75, 3.05) is 13.7 Å². The zero-order valence-corrected chi connectivity index (χ0v) is 17.6. The van der Waals surface area contributed by atoms with Gasteiger partial charge in [0.05, 0.1) is 13.0 Å². The molecule has 0 saturated heterocycles. The van der Waals surface area contributed by atoms with Gasteiger partial charge in [0.15, 0.2) is 6.61 Å². The van der Waals surface area contributed by atoms with Gasteiger partial charge in [0.25, 0.3) is 5.91 Å². The van der Waals surface area contributed by atoms with Crippen LogP contribution in [0, 0.1) is 5.92 Å². The quantitative estimate of drug-likeness (QED) is 0.554. The van der Waals surface area contributed by atoms with E-state index in [2.05, 4.69) is 15.5 Å². The molecule has 1 saturated carbocycles. The van der Waals surface area contributed by atoms with E-state index in [0.29, 0.717) is 36.1 Å². The molecule has 0 aliphatic heterocycles. The molecule has 0 spiro atoms. The maximum absolute atomic E-state index is 12.5. The van der Waals surface area contributed by atoms with Gasteiger partial charge in [0, 0.05) is 17.5 Å². The first-order valence-electron chi connectivity index (χ1n) is 10.3. The molecule has 1 fully saturated rings. The molecule has 3 aromatic rings. The van der Waals surface area contributed by atoms with Gasteiger partial charge >= 0.3 is 0 Å². The molecule has 0 bridgehead atoms. The first-order valence-corrected chi connectivity index (χ1v) is 10.3. The Morgan fingerprint density at radius 1 is 1.09 bits per heavy atom. The van der Waals surface area contributed by atoms with Gasteiger partial charge in [0.2, 0.25) is 17.6 Å². The van der Waals surface area contributed by atoms with Crippen LogP contribution < -0.4 is 20.5 Å². The number of carbonyl (C=O) groups is 2. The SMILES string of the molecule is COc1ccc(OCC(=O)NC2CC(C(N)=O)CC2c2nc(-c3ccccc3)no2)cc1. The molecular formula is C23H24N4O5. The molecule has 3 atom stereocenters. The van der Waals surface area contributed by atoms with Gasteiger partial charge in [-0.2, -0.15) is 4.98 Å². The normalized spacial score (nSPS) is 20.0. The Hall–Kier alpha value is -3.88. The number of ether oxygens (including phenoxy) is 2. The van der Waals surface area contributed by atoms with Crippen LogP contribution in [-0.4, -0.2) is 41.7 Å². The van der Waals surface area contributed by atoms with E-state index in [9.17, 15) is 9.59 Å². The molecule has 166 valence electrons. The molecule has 1 aliphatic rings. The first-order chi connectivity index (χ1) is 15.5. The number of rotatable bonds is 8. The van der Waals surface area contributed by atoms with Crippen LogP contribution in [0.25, 0.3) is 11.4 Å². The second-order valence-corrected chi connectivity index (χ2v) is 7.64. The summed E-state index contributed by atoms with van der Waals surface area (Å²) in [6.07, 6.45) is 0.827. The topological polar surface area (TPSA) is 130 Å². The predicted octanol–water partition coefficient (Wildman–Crippen LogP) is 2.29. The summed E-state index contributed by atoms with van der Waals surface area (Å²) >= 11 is 0. The second-order valence-electron chi connectivity index (χ2n) is 7.64. The smallest absolute Gasteiger partial charge is 0.258 e. The number of nitrogens with zero attached hydrogens (tertiary/aromatic N) is 2. The molecule has 2 aromatic carbocycles. The largest absolute Gasteiger partial charge is 0.497 e. The maximum Gasteiger partial charge on any atom is 0.258 e. The highest BCUT2D eigenvalue weighted by atomic mass is 16.5. The Morgan fingerprint density at radius 3 is 2.50 bits per heavy atom. The molecule has 9 heteroatoms. The molecule has 1 aromatic heterocycles. The summed E-state index contributed by atoms with van der Waals surface area (Å²) in [4.78, 5) is 28.8. The Bertz CT molecular complexity index is 1070. The average Bonchev–Trinajstić information content (AvgIpc) is 3.46. The minimum Gasteiger partial charge on any atom is -0.497 e. The van der Waals surface area contributed by atoms with Gasteiger partial charge in [0.1, 0.15) is 11.5 Å². The Balaban J connectivity index is 1.43. The van der Waals surface area contributed by atoms with Crippen molar-refractivity contribution in [3.63, 3.8) is 0 Å². The summed E-state index contributed by atoms with van der Waals surface area (Å²) in [5.41, 5.74) is 6.35. The van der Waals surface area contributed by atoms with Crippen LogP contribution in [0.5, 0.6) is 11.5 Å². The number of methoxy groups -OCH3 is 1. The van der Waals surface area contributed by atoms with Crippen molar-refractivity contribution in [3.05, 3.63) is 60.5 Å². The molecular weight excluding hydrogens is 412 g/mol. The monoisotopic (exact) mass is 436 g/mol. The van der Waals surface area contributed by atoms with Crippen molar-refractivity contribution < 1.29 is 23.6 Å². The van der Waals surface area contributed by atoms with E-state index in [1.807, 2.05) is 30.3 Å².